The number of nitrogens with two attached hydrogens (primary N) is 1. The average Bonchev–Trinajstić information content (AvgIpc) is 3.01. The van der Waals surface area contributed by atoms with Gasteiger partial charge in [-0.3, -0.25) is 0 Å². The summed E-state index contributed by atoms with van der Waals surface area (Å²) in [6.07, 6.45) is 0. The van der Waals surface area contributed by atoms with Gasteiger partial charge in [0.25, 0.3) is 0 Å². The Morgan fingerprint density at radius 2 is 1.72 bits per heavy atom. The Balaban J connectivity index is 1.89. The highest BCUT2D eigenvalue weighted by Crippen LogP contribution is 2.27. The third-order valence-electron chi connectivity index (χ3n) is 3.48. The Bertz CT molecular complexity index is 905. The number of nitrogen functional groups attached to an aromatic ring is 1. The van der Waals surface area contributed by atoms with Crippen molar-refractivity contribution in [2.75, 3.05) is 25.3 Å². The van der Waals surface area contributed by atoms with Crippen molar-refractivity contribution < 1.29 is 9.47 Å². The Hall–Kier alpha value is -3.73. The number of anilines is 3. The third-order valence-corrected chi connectivity index (χ3v) is 3.48. The van der Waals surface area contributed by atoms with E-state index in [0.717, 1.165) is 0 Å². The van der Waals surface area contributed by atoms with E-state index in [2.05, 4.69) is 21.5 Å². The Labute approximate surface area is 144 Å². The van der Waals surface area contributed by atoms with Crippen molar-refractivity contribution in [2.24, 2.45) is 0 Å². The molecule has 25 heavy (non-hydrogen) atoms. The van der Waals surface area contributed by atoms with Crippen molar-refractivity contribution in [1.82, 2.24) is 14.8 Å². The minimum absolute atomic E-state index is 0.224. The second-order valence-electron chi connectivity index (χ2n) is 5.09. The van der Waals surface area contributed by atoms with Gasteiger partial charge >= 0.3 is 0 Å². The van der Waals surface area contributed by atoms with E-state index < -0.39 is 0 Å². The molecule has 0 radical (unpaired) electrons. The molecule has 2 aromatic carbocycles. The Kier molecular flexibility index (Phi) is 4.39. The molecule has 0 bridgehead atoms. The summed E-state index contributed by atoms with van der Waals surface area (Å²) >= 11 is 0. The van der Waals surface area contributed by atoms with Crippen molar-refractivity contribution in [3.8, 4) is 23.3 Å². The number of nitrogens with one attached hydrogen (secondary N) is 1. The standard InChI is InChI=1S/C17H16N6O2/c1-24-14-7-12(8-15(9-14)25-2)20-17-21-16(19)23(22-17)13-5-3-11(10-18)4-6-13/h3-9H,1-2H3,(H3,19,20,21,22). The van der Waals surface area contributed by atoms with Gasteiger partial charge in [0, 0.05) is 23.9 Å². The quantitative estimate of drug-likeness (QED) is 0.736. The van der Waals surface area contributed by atoms with Gasteiger partial charge in [0.1, 0.15) is 11.5 Å². The zero-order valence-corrected chi connectivity index (χ0v) is 13.7. The number of rotatable bonds is 5. The summed E-state index contributed by atoms with van der Waals surface area (Å²) in [4.78, 5) is 4.21. The summed E-state index contributed by atoms with van der Waals surface area (Å²) in [5.41, 5.74) is 7.91. The molecule has 0 aliphatic carbocycles. The molecule has 0 saturated heterocycles. The van der Waals surface area contributed by atoms with Crippen molar-refractivity contribution in [3.63, 3.8) is 0 Å². The lowest BCUT2D eigenvalue weighted by atomic mass is 10.2. The average molecular weight is 336 g/mol. The maximum Gasteiger partial charge on any atom is 0.248 e. The van der Waals surface area contributed by atoms with Crippen LogP contribution in [0.4, 0.5) is 17.6 Å². The molecule has 0 fully saturated rings. The van der Waals surface area contributed by atoms with Crippen molar-refractivity contribution in [2.45, 2.75) is 0 Å². The molecule has 8 nitrogen and oxygen atoms in total. The van der Waals surface area contributed by atoms with Crippen LogP contribution in [0, 0.1) is 11.3 Å². The lowest BCUT2D eigenvalue weighted by Crippen LogP contribution is -2.02. The predicted molar refractivity (Wildman–Crippen MR) is 93.3 cm³/mol. The molecule has 1 aromatic heterocycles. The molecule has 0 aliphatic heterocycles. The van der Waals surface area contributed by atoms with Crippen LogP contribution in [0.1, 0.15) is 5.56 Å². The highest BCUT2D eigenvalue weighted by Gasteiger charge is 2.10. The van der Waals surface area contributed by atoms with E-state index in [9.17, 15) is 0 Å². The smallest absolute Gasteiger partial charge is 0.248 e. The number of nitriles is 1. The second-order valence-corrected chi connectivity index (χ2v) is 5.09. The number of aromatic nitrogens is 3. The molecule has 0 spiro atoms. The van der Waals surface area contributed by atoms with E-state index in [1.165, 1.54) is 4.68 Å². The summed E-state index contributed by atoms with van der Waals surface area (Å²) in [6, 6.07) is 14.3. The van der Waals surface area contributed by atoms with Gasteiger partial charge in [0.2, 0.25) is 11.9 Å². The maximum atomic E-state index is 8.87. The molecule has 1 heterocycles. The molecule has 0 aliphatic rings. The van der Waals surface area contributed by atoms with Gasteiger partial charge in [-0.25, -0.2) is 0 Å². The number of ether oxygens (including phenoxy) is 2. The number of hydrogen-bond donors (Lipinski definition) is 2. The van der Waals surface area contributed by atoms with Crippen LogP contribution >= 0.6 is 0 Å². The van der Waals surface area contributed by atoms with E-state index >= 15 is 0 Å². The van der Waals surface area contributed by atoms with E-state index in [0.29, 0.717) is 34.4 Å². The summed E-state index contributed by atoms with van der Waals surface area (Å²) < 4.78 is 12.0. The highest BCUT2D eigenvalue weighted by atomic mass is 16.5. The van der Waals surface area contributed by atoms with Gasteiger partial charge in [-0.05, 0) is 24.3 Å². The maximum absolute atomic E-state index is 8.87. The summed E-state index contributed by atoms with van der Waals surface area (Å²) in [5, 5.41) is 16.3. The van der Waals surface area contributed by atoms with Crippen LogP contribution in [0.25, 0.3) is 5.69 Å². The zero-order chi connectivity index (χ0) is 17.8. The molecular formula is C17H16N6O2. The monoisotopic (exact) mass is 336 g/mol. The Morgan fingerprint density at radius 1 is 1.08 bits per heavy atom. The molecule has 0 saturated carbocycles. The van der Waals surface area contributed by atoms with Crippen molar-refractivity contribution >= 4 is 17.6 Å². The van der Waals surface area contributed by atoms with Crippen LogP contribution in [0.15, 0.2) is 42.5 Å². The first-order chi connectivity index (χ1) is 12.1. The van der Waals surface area contributed by atoms with Gasteiger partial charge in [-0.1, -0.05) is 0 Å². The number of hydrogen-bond acceptors (Lipinski definition) is 7. The summed E-state index contributed by atoms with van der Waals surface area (Å²) in [6.45, 7) is 0. The number of nitrogens with zero attached hydrogens (tertiary/aromatic N) is 4. The Morgan fingerprint density at radius 3 is 2.28 bits per heavy atom. The first-order valence-electron chi connectivity index (χ1n) is 7.36. The minimum Gasteiger partial charge on any atom is -0.497 e. The van der Waals surface area contributed by atoms with Crippen molar-refractivity contribution in [1.29, 1.82) is 5.26 Å². The molecule has 3 N–H and O–H groups in total. The lowest BCUT2D eigenvalue weighted by molar-refractivity contribution is 0.395. The molecule has 3 rings (SSSR count). The van der Waals surface area contributed by atoms with E-state index in [1.807, 2.05) is 0 Å². The first-order valence-corrected chi connectivity index (χ1v) is 7.36. The van der Waals surface area contributed by atoms with Gasteiger partial charge in [0.05, 0.1) is 31.5 Å². The van der Waals surface area contributed by atoms with Gasteiger partial charge in [-0.2, -0.15) is 14.9 Å². The van der Waals surface area contributed by atoms with Crippen LogP contribution < -0.4 is 20.5 Å². The van der Waals surface area contributed by atoms with E-state index in [-0.39, 0.29) is 5.95 Å². The second kappa shape index (κ2) is 6.80. The normalized spacial score (nSPS) is 10.1. The molecule has 0 atom stereocenters. The molecule has 8 heteroatoms. The van der Waals surface area contributed by atoms with Crippen LogP contribution in [-0.4, -0.2) is 29.0 Å². The van der Waals surface area contributed by atoms with Crippen LogP contribution in [0.5, 0.6) is 11.5 Å². The van der Waals surface area contributed by atoms with Gasteiger partial charge in [0.15, 0.2) is 0 Å². The first kappa shape index (κ1) is 16.1. The largest absolute Gasteiger partial charge is 0.497 e. The van der Waals surface area contributed by atoms with Crippen LogP contribution in [0.3, 0.4) is 0 Å². The summed E-state index contributed by atoms with van der Waals surface area (Å²) in [5.74, 6) is 1.84. The molecule has 0 unspecified atom stereocenters. The topological polar surface area (TPSA) is 111 Å². The van der Waals surface area contributed by atoms with Gasteiger partial charge < -0.3 is 20.5 Å². The molecule has 126 valence electrons. The van der Waals surface area contributed by atoms with E-state index in [1.54, 1.807) is 56.7 Å². The van der Waals surface area contributed by atoms with Gasteiger partial charge in [-0.15, -0.1) is 5.10 Å². The third kappa shape index (κ3) is 3.45. The predicted octanol–water partition coefficient (Wildman–Crippen LogP) is 2.48. The molecule has 3 aromatic rings. The number of methoxy groups -OCH3 is 2. The fraction of sp³-hybridized carbons (Fsp3) is 0.118. The van der Waals surface area contributed by atoms with E-state index in [4.69, 9.17) is 20.5 Å². The molecule has 0 amide bonds. The fourth-order valence-corrected chi connectivity index (χ4v) is 2.25. The molecular weight excluding hydrogens is 320 g/mol. The zero-order valence-electron chi connectivity index (χ0n) is 13.7. The lowest BCUT2D eigenvalue weighted by Gasteiger charge is -2.08. The summed E-state index contributed by atoms with van der Waals surface area (Å²) in [7, 11) is 3.16. The van der Waals surface area contributed by atoms with Crippen LogP contribution in [-0.2, 0) is 0 Å². The number of benzene rings is 2. The highest BCUT2D eigenvalue weighted by molar-refractivity contribution is 5.60. The van der Waals surface area contributed by atoms with Crippen LogP contribution in [0.2, 0.25) is 0 Å². The van der Waals surface area contributed by atoms with Crippen molar-refractivity contribution in [3.05, 3.63) is 48.0 Å². The SMILES string of the molecule is COc1cc(Nc2nc(N)n(-c3ccc(C#N)cc3)n2)cc(OC)c1. The fourth-order valence-electron chi connectivity index (χ4n) is 2.25. The minimum atomic E-state index is 0.224.